The average molecular weight is 311 g/mol. The summed E-state index contributed by atoms with van der Waals surface area (Å²) in [6.07, 6.45) is 3.20. The number of carbonyl (C=O) groups is 2. The first-order chi connectivity index (χ1) is 10.7. The number of hydrogen-bond donors (Lipinski definition) is 0. The van der Waals surface area contributed by atoms with Crippen molar-refractivity contribution in [1.82, 2.24) is 0 Å². The number of thiophene rings is 1. The van der Waals surface area contributed by atoms with Crippen LogP contribution in [0, 0.1) is 11.3 Å². The maximum Gasteiger partial charge on any atom is 0.339 e. The minimum Gasteiger partial charge on any atom is -0.454 e. The van der Waals surface area contributed by atoms with E-state index >= 15 is 0 Å². The molecule has 0 amide bonds. The molecule has 0 atom stereocenters. The molecule has 110 valence electrons. The maximum absolute atomic E-state index is 12.1. The zero-order valence-electron chi connectivity index (χ0n) is 11.8. The lowest BCUT2D eigenvalue weighted by molar-refractivity contribution is 0.0475. The van der Waals surface area contributed by atoms with Gasteiger partial charge in [0, 0.05) is 10.9 Å². The summed E-state index contributed by atoms with van der Waals surface area (Å²) in [5.41, 5.74) is 3.41. The van der Waals surface area contributed by atoms with Crippen LogP contribution < -0.4 is 0 Å². The number of nitrogens with zero attached hydrogens (tertiary/aromatic N) is 1. The Morgan fingerprint density at radius 3 is 2.77 bits per heavy atom. The van der Waals surface area contributed by atoms with Gasteiger partial charge in [0.05, 0.1) is 5.56 Å². The van der Waals surface area contributed by atoms with Crippen LogP contribution in [0.4, 0.5) is 0 Å². The summed E-state index contributed by atoms with van der Waals surface area (Å²) in [7, 11) is 0. The van der Waals surface area contributed by atoms with Crippen LogP contribution >= 0.6 is 11.3 Å². The van der Waals surface area contributed by atoms with E-state index in [4.69, 9.17) is 10.00 Å². The lowest BCUT2D eigenvalue weighted by atomic mass is 10.0. The summed E-state index contributed by atoms with van der Waals surface area (Å²) in [6.45, 7) is -0.282. The summed E-state index contributed by atoms with van der Waals surface area (Å²) in [5, 5.41) is 10.3. The molecule has 1 aromatic carbocycles. The van der Waals surface area contributed by atoms with E-state index in [9.17, 15) is 9.59 Å². The first-order valence-electron chi connectivity index (χ1n) is 6.98. The third-order valence-corrected chi connectivity index (χ3v) is 4.54. The van der Waals surface area contributed by atoms with Crippen LogP contribution in [0.15, 0.2) is 29.6 Å². The Balaban J connectivity index is 1.62. The number of ether oxygens (including phenoxy) is 1. The molecule has 2 aromatic rings. The molecular formula is C17H13NO3S. The highest BCUT2D eigenvalue weighted by atomic mass is 32.1. The molecule has 3 rings (SSSR count). The number of rotatable bonds is 4. The van der Waals surface area contributed by atoms with E-state index in [-0.39, 0.29) is 12.4 Å². The van der Waals surface area contributed by atoms with Gasteiger partial charge in [0.15, 0.2) is 12.4 Å². The van der Waals surface area contributed by atoms with Gasteiger partial charge in [0.2, 0.25) is 0 Å². The molecule has 0 unspecified atom stereocenters. The molecule has 0 saturated heterocycles. The Morgan fingerprint density at radius 1 is 1.18 bits per heavy atom. The number of aryl methyl sites for hydroxylation is 2. The Labute approximate surface area is 132 Å². The highest BCUT2D eigenvalue weighted by Gasteiger charge is 2.16. The van der Waals surface area contributed by atoms with E-state index in [2.05, 4.69) is 0 Å². The van der Waals surface area contributed by atoms with Crippen molar-refractivity contribution in [2.75, 3.05) is 6.61 Å². The van der Waals surface area contributed by atoms with Crippen molar-refractivity contribution in [2.45, 2.75) is 19.3 Å². The molecule has 5 heteroatoms. The molecule has 0 spiro atoms. The van der Waals surface area contributed by atoms with Gasteiger partial charge in [-0.15, -0.1) is 11.3 Å². The quantitative estimate of drug-likeness (QED) is 0.642. The first kappa shape index (κ1) is 14.5. The second-order valence-electron chi connectivity index (χ2n) is 5.15. The third kappa shape index (κ3) is 2.92. The van der Waals surface area contributed by atoms with Gasteiger partial charge >= 0.3 is 5.97 Å². The number of nitriles is 1. The largest absolute Gasteiger partial charge is 0.454 e. The number of fused-ring (bicyclic) bond motifs is 1. The summed E-state index contributed by atoms with van der Waals surface area (Å²) in [5.74, 6) is -0.786. The van der Waals surface area contributed by atoms with Gasteiger partial charge in [0.1, 0.15) is 10.9 Å². The Morgan fingerprint density at radius 2 is 2.00 bits per heavy atom. The van der Waals surface area contributed by atoms with E-state index in [0.717, 1.165) is 19.3 Å². The van der Waals surface area contributed by atoms with E-state index < -0.39 is 5.97 Å². The van der Waals surface area contributed by atoms with E-state index in [0.29, 0.717) is 16.0 Å². The van der Waals surface area contributed by atoms with E-state index in [1.54, 1.807) is 11.4 Å². The molecule has 4 nitrogen and oxygen atoms in total. The van der Waals surface area contributed by atoms with Crippen molar-refractivity contribution in [3.05, 3.63) is 56.8 Å². The van der Waals surface area contributed by atoms with Crippen LogP contribution in [-0.2, 0) is 17.6 Å². The van der Waals surface area contributed by atoms with E-state index in [1.807, 2.05) is 18.2 Å². The number of ketones is 1. The van der Waals surface area contributed by atoms with Gasteiger partial charge < -0.3 is 4.74 Å². The molecule has 0 aliphatic heterocycles. The normalized spacial score (nSPS) is 12.5. The van der Waals surface area contributed by atoms with Gasteiger partial charge in [-0.3, -0.25) is 4.79 Å². The van der Waals surface area contributed by atoms with Gasteiger partial charge in [-0.2, -0.15) is 5.26 Å². The standard InChI is InChI=1S/C17H13NO3S/c18-8-15-7-14(10-22-15)17(20)21-9-16(19)13-5-4-11-2-1-3-12(11)6-13/h4-7,10H,1-3,9H2. The summed E-state index contributed by atoms with van der Waals surface area (Å²) >= 11 is 1.18. The lowest BCUT2D eigenvalue weighted by Crippen LogP contribution is -2.14. The molecule has 0 N–H and O–H groups in total. The van der Waals surface area contributed by atoms with Crippen molar-refractivity contribution in [3.63, 3.8) is 0 Å². The molecule has 1 aromatic heterocycles. The molecule has 0 saturated carbocycles. The predicted molar refractivity (Wildman–Crippen MR) is 82.1 cm³/mol. The monoisotopic (exact) mass is 311 g/mol. The van der Waals surface area contributed by atoms with Crippen molar-refractivity contribution >= 4 is 23.1 Å². The molecule has 0 fully saturated rings. The lowest BCUT2D eigenvalue weighted by Gasteiger charge is -2.05. The molecule has 22 heavy (non-hydrogen) atoms. The van der Waals surface area contributed by atoms with Crippen LogP contribution in [0.1, 0.15) is 43.1 Å². The number of esters is 1. The fourth-order valence-corrected chi connectivity index (χ4v) is 3.21. The fourth-order valence-electron chi connectivity index (χ4n) is 2.54. The number of carbonyl (C=O) groups excluding carboxylic acids is 2. The van der Waals surface area contributed by atoms with Gasteiger partial charge in [-0.05, 0) is 42.5 Å². The summed E-state index contributed by atoms with van der Waals surface area (Å²) in [6, 6.07) is 9.10. The predicted octanol–water partition coefficient (Wildman–Crippen LogP) is 3.15. The molecule has 0 bridgehead atoms. The SMILES string of the molecule is N#Cc1cc(C(=O)OCC(=O)c2ccc3c(c2)CCC3)cs1. The minimum atomic E-state index is -0.577. The Kier molecular flexibility index (Phi) is 4.03. The zero-order chi connectivity index (χ0) is 15.5. The Bertz CT molecular complexity index is 785. The molecule has 0 radical (unpaired) electrons. The maximum atomic E-state index is 12.1. The van der Waals surface area contributed by atoms with Gasteiger partial charge in [0.25, 0.3) is 0 Å². The highest BCUT2D eigenvalue weighted by Crippen LogP contribution is 2.23. The minimum absolute atomic E-state index is 0.209. The van der Waals surface area contributed by atoms with Gasteiger partial charge in [-0.1, -0.05) is 12.1 Å². The fraction of sp³-hybridized carbons (Fsp3) is 0.235. The van der Waals surface area contributed by atoms with Gasteiger partial charge in [-0.25, -0.2) is 4.79 Å². The second-order valence-corrected chi connectivity index (χ2v) is 6.06. The van der Waals surface area contributed by atoms with E-state index in [1.165, 1.54) is 28.5 Å². The van der Waals surface area contributed by atoms with Crippen molar-refractivity contribution in [3.8, 4) is 6.07 Å². The first-order valence-corrected chi connectivity index (χ1v) is 7.86. The molecule has 1 aliphatic carbocycles. The molecule has 1 aliphatic rings. The highest BCUT2D eigenvalue weighted by molar-refractivity contribution is 7.10. The van der Waals surface area contributed by atoms with Crippen LogP contribution in [0.25, 0.3) is 0 Å². The Hall–Kier alpha value is -2.45. The number of hydrogen-bond acceptors (Lipinski definition) is 5. The number of benzene rings is 1. The van der Waals surface area contributed by atoms with Crippen LogP contribution in [-0.4, -0.2) is 18.4 Å². The second kappa shape index (κ2) is 6.12. The summed E-state index contributed by atoms with van der Waals surface area (Å²) < 4.78 is 5.03. The topological polar surface area (TPSA) is 67.2 Å². The van der Waals surface area contributed by atoms with Crippen LogP contribution in [0.5, 0.6) is 0 Å². The smallest absolute Gasteiger partial charge is 0.339 e. The molecule has 1 heterocycles. The third-order valence-electron chi connectivity index (χ3n) is 3.70. The van der Waals surface area contributed by atoms with Crippen molar-refractivity contribution in [1.29, 1.82) is 5.26 Å². The number of Topliss-reactive ketones (excluding diaryl/α,β-unsaturated/α-hetero) is 1. The molecular weight excluding hydrogens is 298 g/mol. The van der Waals surface area contributed by atoms with Crippen LogP contribution in [0.2, 0.25) is 0 Å². The van der Waals surface area contributed by atoms with Crippen molar-refractivity contribution in [2.24, 2.45) is 0 Å². The summed E-state index contributed by atoms with van der Waals surface area (Å²) in [4.78, 5) is 24.4. The zero-order valence-corrected chi connectivity index (χ0v) is 12.6. The van der Waals surface area contributed by atoms with Crippen LogP contribution in [0.3, 0.4) is 0 Å². The van der Waals surface area contributed by atoms with Crippen molar-refractivity contribution < 1.29 is 14.3 Å². The average Bonchev–Trinajstić information content (AvgIpc) is 3.19.